The van der Waals surface area contributed by atoms with Crippen molar-refractivity contribution in [2.75, 3.05) is 13.2 Å². The first-order valence-corrected chi connectivity index (χ1v) is 37.6. The molecule has 0 bridgehead atoms. The molecule has 1 saturated heterocycles. The summed E-state index contributed by atoms with van der Waals surface area (Å²) < 4.78 is 11.3. The molecule has 498 valence electrons. The second kappa shape index (κ2) is 64.6. The van der Waals surface area contributed by atoms with E-state index in [0.717, 1.165) is 38.5 Å². The van der Waals surface area contributed by atoms with Gasteiger partial charge in [0.15, 0.2) is 6.29 Å². The Morgan fingerprint density at radius 1 is 0.393 bits per heavy atom. The van der Waals surface area contributed by atoms with Crippen LogP contribution in [0.4, 0.5) is 0 Å². The fraction of sp³-hybridized carbons (Fsp3) is 0.933. The summed E-state index contributed by atoms with van der Waals surface area (Å²) in [5.41, 5.74) is 0. The van der Waals surface area contributed by atoms with Gasteiger partial charge in [0.25, 0.3) is 0 Å². The molecule has 0 aromatic rings. The first-order valence-electron chi connectivity index (χ1n) is 37.6. The zero-order chi connectivity index (χ0) is 60.7. The summed E-state index contributed by atoms with van der Waals surface area (Å²) in [7, 11) is 0. The lowest BCUT2D eigenvalue weighted by molar-refractivity contribution is -0.302. The number of amides is 1. The quantitative estimate of drug-likeness (QED) is 0.0261. The Labute approximate surface area is 521 Å². The lowest BCUT2D eigenvalue weighted by Gasteiger charge is -2.40. The van der Waals surface area contributed by atoms with Crippen LogP contribution in [-0.4, -0.2) is 87.5 Å². The smallest absolute Gasteiger partial charge is 0.220 e. The van der Waals surface area contributed by atoms with Gasteiger partial charge in [0.2, 0.25) is 5.91 Å². The molecule has 0 saturated carbocycles. The minimum Gasteiger partial charge on any atom is -0.394 e. The highest BCUT2D eigenvalue weighted by atomic mass is 16.7. The largest absolute Gasteiger partial charge is 0.394 e. The third-order valence-electron chi connectivity index (χ3n) is 18.3. The molecule has 1 amide bonds. The van der Waals surface area contributed by atoms with Crippen LogP contribution in [0, 0.1) is 0 Å². The number of rotatable bonds is 67. The lowest BCUT2D eigenvalue weighted by atomic mass is 9.99. The monoisotopic (exact) mass is 1190 g/mol. The molecule has 9 heteroatoms. The van der Waals surface area contributed by atoms with Crippen LogP contribution in [0.25, 0.3) is 0 Å². The van der Waals surface area contributed by atoms with Gasteiger partial charge < -0.3 is 40.3 Å². The molecule has 0 aliphatic carbocycles. The van der Waals surface area contributed by atoms with Crippen LogP contribution < -0.4 is 5.32 Å². The number of carbonyl (C=O) groups is 1. The van der Waals surface area contributed by atoms with Gasteiger partial charge in [0, 0.05) is 6.42 Å². The van der Waals surface area contributed by atoms with Crippen LogP contribution >= 0.6 is 0 Å². The maximum atomic E-state index is 13.2. The standard InChI is InChI=1S/C75H145NO8/c1-3-5-7-9-11-13-15-17-19-21-23-25-27-29-31-33-34-35-36-37-39-41-43-45-47-49-51-53-55-57-59-61-63-65-71(79)76-68(67-83-75-74(82)73(81)72(80)70(66-77)84-75)69(78)64-62-60-58-56-54-52-50-48-46-44-42-40-38-32-30-28-26-24-22-20-18-16-14-12-10-8-6-4-2/h21,23,62,64,68-70,72-75,77-78,80-82H,3-20,22,24-61,63,65-67H2,1-2H3,(H,76,79)/b23-21-,64-62+. The Bertz CT molecular complexity index is 1380. The summed E-state index contributed by atoms with van der Waals surface area (Å²) in [5.74, 6) is -0.167. The predicted molar refractivity (Wildman–Crippen MR) is 360 cm³/mol. The van der Waals surface area contributed by atoms with Gasteiger partial charge in [-0.05, 0) is 44.9 Å². The summed E-state index contributed by atoms with van der Waals surface area (Å²) in [4.78, 5) is 13.2. The number of nitrogens with one attached hydrogen (secondary N) is 1. The molecular weight excluding hydrogens is 1040 g/mol. The lowest BCUT2D eigenvalue weighted by Crippen LogP contribution is -2.60. The molecule has 0 radical (unpaired) electrons. The third kappa shape index (κ3) is 52.6. The van der Waals surface area contributed by atoms with Crippen molar-refractivity contribution in [1.29, 1.82) is 0 Å². The Morgan fingerprint density at radius 3 is 0.964 bits per heavy atom. The van der Waals surface area contributed by atoms with Gasteiger partial charge in [-0.1, -0.05) is 366 Å². The van der Waals surface area contributed by atoms with Gasteiger partial charge in [-0.3, -0.25) is 4.79 Å². The summed E-state index contributed by atoms with van der Waals surface area (Å²) in [6.07, 6.45) is 78.8. The summed E-state index contributed by atoms with van der Waals surface area (Å²) in [6.45, 7) is 3.84. The first-order chi connectivity index (χ1) is 41.3. The van der Waals surface area contributed by atoms with Crippen molar-refractivity contribution in [3.05, 3.63) is 24.3 Å². The van der Waals surface area contributed by atoms with Gasteiger partial charge in [-0.2, -0.15) is 0 Å². The van der Waals surface area contributed by atoms with E-state index in [-0.39, 0.29) is 12.5 Å². The van der Waals surface area contributed by atoms with Crippen molar-refractivity contribution in [2.24, 2.45) is 0 Å². The van der Waals surface area contributed by atoms with Crippen LogP contribution in [0.15, 0.2) is 24.3 Å². The first kappa shape index (κ1) is 80.7. The van der Waals surface area contributed by atoms with Gasteiger partial charge in [-0.15, -0.1) is 0 Å². The van der Waals surface area contributed by atoms with E-state index < -0.39 is 49.5 Å². The Morgan fingerprint density at radius 2 is 0.667 bits per heavy atom. The van der Waals surface area contributed by atoms with Crippen molar-refractivity contribution in [2.45, 2.75) is 436 Å². The summed E-state index contributed by atoms with van der Waals surface area (Å²) in [5, 5.41) is 54.8. The Balaban J connectivity index is 2.09. The average molecular weight is 1190 g/mol. The fourth-order valence-electron chi connectivity index (χ4n) is 12.4. The maximum absolute atomic E-state index is 13.2. The van der Waals surface area contributed by atoms with E-state index in [0.29, 0.717) is 6.42 Å². The summed E-state index contributed by atoms with van der Waals surface area (Å²) in [6, 6.07) is -0.804. The molecule has 9 nitrogen and oxygen atoms in total. The van der Waals surface area contributed by atoms with Gasteiger partial charge >= 0.3 is 0 Å². The van der Waals surface area contributed by atoms with E-state index in [4.69, 9.17) is 9.47 Å². The molecule has 1 fully saturated rings. The second-order valence-corrected chi connectivity index (χ2v) is 26.4. The molecule has 0 aromatic heterocycles. The molecule has 1 aliphatic heterocycles. The highest BCUT2D eigenvalue weighted by Gasteiger charge is 2.44. The minimum absolute atomic E-state index is 0.167. The summed E-state index contributed by atoms with van der Waals surface area (Å²) >= 11 is 0. The van der Waals surface area contributed by atoms with Crippen molar-refractivity contribution >= 4 is 5.91 Å². The molecule has 0 spiro atoms. The number of hydrogen-bond donors (Lipinski definition) is 6. The van der Waals surface area contributed by atoms with Gasteiger partial charge in [0.1, 0.15) is 24.4 Å². The van der Waals surface area contributed by atoms with Crippen molar-refractivity contribution in [1.82, 2.24) is 5.32 Å². The van der Waals surface area contributed by atoms with Crippen molar-refractivity contribution < 1.29 is 39.8 Å². The van der Waals surface area contributed by atoms with Gasteiger partial charge in [-0.25, -0.2) is 0 Å². The molecule has 1 aliphatic rings. The molecule has 7 unspecified atom stereocenters. The van der Waals surface area contributed by atoms with E-state index in [1.54, 1.807) is 6.08 Å². The molecule has 84 heavy (non-hydrogen) atoms. The second-order valence-electron chi connectivity index (χ2n) is 26.4. The molecule has 1 rings (SSSR count). The van der Waals surface area contributed by atoms with Crippen LogP contribution in [0.5, 0.6) is 0 Å². The number of aliphatic hydroxyl groups is 5. The number of hydrogen-bond acceptors (Lipinski definition) is 8. The highest BCUT2D eigenvalue weighted by Crippen LogP contribution is 2.24. The Kier molecular flexibility index (Phi) is 62.1. The van der Waals surface area contributed by atoms with Crippen LogP contribution in [-0.2, 0) is 14.3 Å². The highest BCUT2D eigenvalue weighted by molar-refractivity contribution is 5.76. The molecule has 7 atom stereocenters. The number of allylic oxidation sites excluding steroid dienone is 3. The molecule has 6 N–H and O–H groups in total. The van der Waals surface area contributed by atoms with E-state index in [1.165, 1.54) is 334 Å². The zero-order valence-electron chi connectivity index (χ0n) is 55.9. The van der Waals surface area contributed by atoms with Crippen molar-refractivity contribution in [3.8, 4) is 0 Å². The SMILES string of the molecule is CCCCCCCCCC/C=C\CCCCCCCCCCCCCCCCCCCCCCCC(=O)NC(COC1OC(CO)C(O)C(O)C1O)C(O)/C=C/CCCCCCCCCCCCCCCCCCCCCCCCCCCC. The molecule has 1 heterocycles. The average Bonchev–Trinajstić information content (AvgIpc) is 3.70. The Hall–Kier alpha value is -1.33. The van der Waals surface area contributed by atoms with E-state index in [1.807, 2.05) is 6.08 Å². The van der Waals surface area contributed by atoms with E-state index >= 15 is 0 Å². The van der Waals surface area contributed by atoms with Crippen LogP contribution in [0.1, 0.15) is 393 Å². The van der Waals surface area contributed by atoms with E-state index in [2.05, 4.69) is 31.3 Å². The van der Waals surface area contributed by atoms with Crippen molar-refractivity contribution in [3.63, 3.8) is 0 Å². The number of unbranched alkanes of at least 4 members (excludes halogenated alkanes) is 55. The zero-order valence-corrected chi connectivity index (χ0v) is 55.9. The topological polar surface area (TPSA) is 149 Å². The number of ether oxygens (including phenoxy) is 2. The maximum Gasteiger partial charge on any atom is 0.220 e. The third-order valence-corrected chi connectivity index (χ3v) is 18.3. The van der Waals surface area contributed by atoms with E-state index in [9.17, 15) is 30.3 Å². The number of carbonyl (C=O) groups excluding carboxylic acids is 1. The normalized spacial score (nSPS) is 18.2. The molecular formula is C75H145NO8. The molecule has 0 aromatic carbocycles. The minimum atomic E-state index is -1.57. The van der Waals surface area contributed by atoms with Gasteiger partial charge in [0.05, 0.1) is 25.4 Å². The fourth-order valence-corrected chi connectivity index (χ4v) is 12.4. The number of aliphatic hydroxyl groups excluding tert-OH is 5. The van der Waals surface area contributed by atoms with Crippen LogP contribution in [0.3, 0.4) is 0 Å². The predicted octanol–water partition coefficient (Wildman–Crippen LogP) is 20.8. The van der Waals surface area contributed by atoms with Crippen LogP contribution in [0.2, 0.25) is 0 Å².